The lowest BCUT2D eigenvalue weighted by Crippen LogP contribution is -2.15. The summed E-state index contributed by atoms with van der Waals surface area (Å²) >= 11 is 0. The molecule has 1 heterocycles. The highest BCUT2D eigenvalue weighted by Crippen LogP contribution is 2.21. The van der Waals surface area contributed by atoms with Crippen LogP contribution in [0.5, 0.6) is 5.75 Å². The molecule has 36 heavy (non-hydrogen) atoms. The molecule has 3 N–H and O–H groups in total. The van der Waals surface area contributed by atoms with Gasteiger partial charge < -0.3 is 20.3 Å². The van der Waals surface area contributed by atoms with Crippen molar-refractivity contribution in [1.29, 1.82) is 0 Å². The molecule has 0 atom stereocenters. The molecule has 0 radical (unpaired) electrons. The number of carboxylic acids is 2. The number of aliphatic carboxylic acids is 1. The number of pyridine rings is 1. The summed E-state index contributed by atoms with van der Waals surface area (Å²) in [4.78, 5) is 39.1. The predicted octanol–water partition coefficient (Wildman–Crippen LogP) is 6.43. The monoisotopic (exact) mass is 496 g/mol. The maximum absolute atomic E-state index is 12.7. The second-order valence-corrected chi connectivity index (χ2v) is 8.62. The Morgan fingerprint density at radius 2 is 1.58 bits per heavy atom. The van der Waals surface area contributed by atoms with Crippen LogP contribution in [0.2, 0.25) is 0 Å². The first-order valence-electron chi connectivity index (χ1n) is 12.6. The molecule has 0 saturated carbocycles. The van der Waals surface area contributed by atoms with Crippen molar-refractivity contribution in [2.24, 2.45) is 0 Å². The molecule has 0 saturated heterocycles. The van der Waals surface area contributed by atoms with Gasteiger partial charge in [-0.05, 0) is 42.8 Å². The van der Waals surface area contributed by atoms with Crippen molar-refractivity contribution in [3.05, 3.63) is 59.4 Å². The highest BCUT2D eigenvalue weighted by atomic mass is 16.5. The minimum atomic E-state index is -1.14. The van der Waals surface area contributed by atoms with Gasteiger partial charge in [-0.25, -0.2) is 14.6 Å². The molecule has 1 aromatic carbocycles. The SMILES string of the molecule is CCCCCCCCCCCCOc1ccc(C(=O)Nc2cccc(C(=O)O)c2)nc1C=CC(=O)O. The Balaban J connectivity index is 1.90. The average Bonchev–Trinajstić information content (AvgIpc) is 2.86. The topological polar surface area (TPSA) is 126 Å². The quantitative estimate of drug-likeness (QED) is 0.170. The number of nitrogens with one attached hydrogen (secondary N) is 1. The molecule has 0 aliphatic rings. The number of unbranched alkanes of at least 4 members (excludes halogenated alkanes) is 9. The van der Waals surface area contributed by atoms with Crippen LogP contribution in [0.1, 0.15) is 97.7 Å². The van der Waals surface area contributed by atoms with Gasteiger partial charge in [-0.2, -0.15) is 0 Å². The second-order valence-electron chi connectivity index (χ2n) is 8.62. The van der Waals surface area contributed by atoms with Crippen LogP contribution in [0.25, 0.3) is 6.08 Å². The molecule has 194 valence electrons. The molecule has 2 rings (SSSR count). The van der Waals surface area contributed by atoms with Gasteiger partial charge in [-0.3, -0.25) is 4.79 Å². The number of hydrogen-bond donors (Lipinski definition) is 3. The van der Waals surface area contributed by atoms with Crippen molar-refractivity contribution in [3.8, 4) is 5.75 Å². The van der Waals surface area contributed by atoms with E-state index in [4.69, 9.17) is 14.9 Å². The number of amides is 1. The summed E-state index contributed by atoms with van der Waals surface area (Å²) in [7, 11) is 0. The summed E-state index contributed by atoms with van der Waals surface area (Å²) in [6.07, 6.45) is 14.3. The van der Waals surface area contributed by atoms with Crippen molar-refractivity contribution in [1.82, 2.24) is 4.98 Å². The first-order valence-corrected chi connectivity index (χ1v) is 12.6. The van der Waals surface area contributed by atoms with Gasteiger partial charge in [0, 0.05) is 11.8 Å². The zero-order valence-electron chi connectivity index (χ0n) is 20.9. The lowest BCUT2D eigenvalue weighted by atomic mass is 10.1. The number of anilines is 1. The lowest BCUT2D eigenvalue weighted by Gasteiger charge is -2.11. The maximum atomic E-state index is 12.7. The third kappa shape index (κ3) is 10.7. The summed E-state index contributed by atoms with van der Waals surface area (Å²) in [5.74, 6) is -2.40. The van der Waals surface area contributed by atoms with Gasteiger partial charge in [-0.15, -0.1) is 0 Å². The first-order chi connectivity index (χ1) is 17.4. The standard InChI is InChI=1S/C28H36N2O6/c1-2-3-4-5-6-7-8-9-10-11-19-36-25-17-15-24(30-23(25)16-18-26(31)32)27(33)29-22-14-12-13-21(20-22)28(34)35/h12-18,20H,2-11,19H2,1H3,(H,29,33)(H,31,32)(H,34,35). The van der Waals surface area contributed by atoms with Gasteiger partial charge in [0.05, 0.1) is 12.2 Å². The van der Waals surface area contributed by atoms with E-state index in [0.29, 0.717) is 18.0 Å². The number of rotatable bonds is 17. The van der Waals surface area contributed by atoms with E-state index >= 15 is 0 Å². The molecular weight excluding hydrogens is 460 g/mol. The number of ether oxygens (including phenoxy) is 1. The number of carbonyl (C=O) groups excluding carboxylic acids is 1. The number of aromatic nitrogens is 1. The van der Waals surface area contributed by atoms with Crippen LogP contribution < -0.4 is 10.1 Å². The van der Waals surface area contributed by atoms with Crippen LogP contribution in [-0.4, -0.2) is 39.6 Å². The zero-order valence-corrected chi connectivity index (χ0v) is 20.9. The maximum Gasteiger partial charge on any atom is 0.335 e. The Kier molecular flexibility index (Phi) is 12.8. The largest absolute Gasteiger partial charge is 0.491 e. The minimum Gasteiger partial charge on any atom is -0.491 e. The van der Waals surface area contributed by atoms with E-state index in [9.17, 15) is 14.4 Å². The third-order valence-electron chi connectivity index (χ3n) is 5.63. The number of carbonyl (C=O) groups is 3. The van der Waals surface area contributed by atoms with Crippen molar-refractivity contribution in [2.45, 2.75) is 71.1 Å². The van der Waals surface area contributed by atoms with Crippen LogP contribution in [0.4, 0.5) is 5.69 Å². The van der Waals surface area contributed by atoms with E-state index in [1.165, 1.54) is 75.3 Å². The molecule has 8 nitrogen and oxygen atoms in total. The summed E-state index contributed by atoms with van der Waals surface area (Å²) in [5, 5.41) is 20.7. The molecule has 0 bridgehead atoms. The zero-order chi connectivity index (χ0) is 26.2. The van der Waals surface area contributed by atoms with Crippen LogP contribution in [-0.2, 0) is 4.79 Å². The average molecular weight is 497 g/mol. The van der Waals surface area contributed by atoms with Crippen LogP contribution in [0.3, 0.4) is 0 Å². The fourth-order valence-corrected chi connectivity index (χ4v) is 3.68. The Morgan fingerprint density at radius 1 is 0.917 bits per heavy atom. The molecule has 0 spiro atoms. The second kappa shape index (κ2) is 16.1. The number of hydrogen-bond acceptors (Lipinski definition) is 5. The van der Waals surface area contributed by atoms with Gasteiger partial charge >= 0.3 is 11.9 Å². The fraction of sp³-hybridized carbons (Fsp3) is 0.429. The third-order valence-corrected chi connectivity index (χ3v) is 5.63. The van der Waals surface area contributed by atoms with Crippen molar-refractivity contribution >= 4 is 29.6 Å². The van der Waals surface area contributed by atoms with E-state index in [1.807, 2.05) is 0 Å². The summed E-state index contributed by atoms with van der Waals surface area (Å²) < 4.78 is 5.83. The van der Waals surface area contributed by atoms with E-state index in [-0.39, 0.29) is 17.0 Å². The molecule has 1 aromatic heterocycles. The summed E-state index contributed by atoms with van der Waals surface area (Å²) in [6, 6.07) is 8.94. The van der Waals surface area contributed by atoms with Crippen molar-refractivity contribution < 1.29 is 29.3 Å². The molecule has 0 aliphatic carbocycles. The van der Waals surface area contributed by atoms with Crippen LogP contribution >= 0.6 is 0 Å². The summed E-state index contributed by atoms with van der Waals surface area (Å²) in [5.41, 5.74) is 0.635. The van der Waals surface area contributed by atoms with Gasteiger partial charge in [-0.1, -0.05) is 70.8 Å². The van der Waals surface area contributed by atoms with Gasteiger partial charge in [0.1, 0.15) is 17.1 Å². The van der Waals surface area contributed by atoms with Crippen molar-refractivity contribution in [3.63, 3.8) is 0 Å². The predicted molar refractivity (Wildman–Crippen MR) is 140 cm³/mol. The van der Waals surface area contributed by atoms with Gasteiger partial charge in [0.2, 0.25) is 0 Å². The fourth-order valence-electron chi connectivity index (χ4n) is 3.68. The van der Waals surface area contributed by atoms with E-state index in [1.54, 1.807) is 12.1 Å². The molecular formula is C28H36N2O6. The molecule has 8 heteroatoms. The minimum absolute atomic E-state index is 0.0431. The highest BCUT2D eigenvalue weighted by Gasteiger charge is 2.13. The van der Waals surface area contributed by atoms with E-state index < -0.39 is 17.8 Å². The molecule has 1 amide bonds. The Bertz CT molecular complexity index is 1030. The van der Waals surface area contributed by atoms with E-state index in [0.717, 1.165) is 25.3 Å². The Labute approximate surface area is 212 Å². The van der Waals surface area contributed by atoms with Crippen LogP contribution in [0.15, 0.2) is 42.5 Å². The molecule has 0 fully saturated rings. The lowest BCUT2D eigenvalue weighted by molar-refractivity contribution is -0.131. The number of carboxylic acid groups (broad SMARTS) is 2. The Hall–Kier alpha value is -3.68. The summed E-state index contributed by atoms with van der Waals surface area (Å²) in [6.45, 7) is 2.69. The molecule has 0 aliphatic heterocycles. The van der Waals surface area contributed by atoms with E-state index in [2.05, 4.69) is 17.2 Å². The first kappa shape index (κ1) is 28.6. The van der Waals surface area contributed by atoms with Crippen molar-refractivity contribution in [2.75, 3.05) is 11.9 Å². The smallest absolute Gasteiger partial charge is 0.335 e. The molecule has 2 aromatic rings. The van der Waals surface area contributed by atoms with Gasteiger partial charge in [0.15, 0.2) is 0 Å². The Morgan fingerprint density at radius 3 is 2.22 bits per heavy atom. The van der Waals surface area contributed by atoms with Gasteiger partial charge in [0.25, 0.3) is 5.91 Å². The van der Waals surface area contributed by atoms with Crippen LogP contribution in [0, 0.1) is 0 Å². The normalized spacial score (nSPS) is 10.9. The number of benzene rings is 1. The number of aromatic carboxylic acids is 1. The number of nitrogens with zero attached hydrogens (tertiary/aromatic N) is 1. The molecule has 0 unspecified atom stereocenters. The highest BCUT2D eigenvalue weighted by molar-refractivity contribution is 6.03.